The van der Waals surface area contributed by atoms with E-state index in [2.05, 4.69) is 23.6 Å². The number of esters is 1. The summed E-state index contributed by atoms with van der Waals surface area (Å²) < 4.78 is 4.91. The molecule has 0 aliphatic heterocycles. The number of ether oxygens (including phenoxy) is 1. The number of nitriles is 1. The molecule has 1 aliphatic carbocycles. The molecule has 0 fully saturated rings. The van der Waals surface area contributed by atoms with Gasteiger partial charge in [-0.25, -0.2) is 0 Å². The van der Waals surface area contributed by atoms with Crippen LogP contribution in [0.1, 0.15) is 39.7 Å². The average molecular weight is 411 g/mol. The number of benzene rings is 1. The molecule has 1 aromatic carbocycles. The monoisotopic (exact) mass is 411 g/mol. The molecule has 1 heterocycles. The topological polar surface area (TPSA) is 108 Å². The third kappa shape index (κ3) is 5.21. The van der Waals surface area contributed by atoms with Crippen LogP contribution in [0.2, 0.25) is 0 Å². The molecular weight excluding hydrogens is 390 g/mol. The second kappa shape index (κ2) is 9.34. The van der Waals surface area contributed by atoms with Gasteiger partial charge in [-0.3, -0.25) is 14.4 Å². The van der Waals surface area contributed by atoms with Gasteiger partial charge in [0.25, 0.3) is 11.8 Å². The zero-order valence-electron chi connectivity index (χ0n) is 16.0. The van der Waals surface area contributed by atoms with Gasteiger partial charge < -0.3 is 15.4 Å². The van der Waals surface area contributed by atoms with Crippen molar-refractivity contribution >= 4 is 34.1 Å². The van der Waals surface area contributed by atoms with Gasteiger partial charge in [0.15, 0.2) is 6.61 Å². The zero-order valence-corrected chi connectivity index (χ0v) is 16.8. The van der Waals surface area contributed by atoms with Gasteiger partial charge in [0.1, 0.15) is 17.6 Å². The molecule has 1 aromatic heterocycles. The molecule has 0 bridgehead atoms. The van der Waals surface area contributed by atoms with Crippen molar-refractivity contribution in [3.05, 3.63) is 51.9 Å². The van der Waals surface area contributed by atoms with Crippen molar-refractivity contribution in [1.29, 1.82) is 5.26 Å². The maximum atomic E-state index is 12.1. The van der Waals surface area contributed by atoms with Crippen molar-refractivity contribution < 1.29 is 19.1 Å². The molecular formula is C21H21N3O4S. The van der Waals surface area contributed by atoms with Gasteiger partial charge in [0.05, 0.1) is 5.56 Å². The van der Waals surface area contributed by atoms with Crippen LogP contribution in [0.3, 0.4) is 0 Å². The van der Waals surface area contributed by atoms with Crippen molar-refractivity contribution in [2.24, 2.45) is 5.92 Å². The van der Waals surface area contributed by atoms with E-state index in [1.807, 2.05) is 0 Å². The summed E-state index contributed by atoms with van der Waals surface area (Å²) in [6.45, 7) is 1.35. The van der Waals surface area contributed by atoms with Gasteiger partial charge in [-0.1, -0.05) is 25.1 Å². The number of rotatable bonds is 6. The Morgan fingerprint density at radius 2 is 2.03 bits per heavy atom. The largest absolute Gasteiger partial charge is 0.454 e. The molecule has 2 aromatic rings. The second-order valence-corrected chi connectivity index (χ2v) is 8.03. The summed E-state index contributed by atoms with van der Waals surface area (Å²) in [7, 11) is 0. The molecule has 150 valence electrons. The van der Waals surface area contributed by atoms with Crippen molar-refractivity contribution in [3.8, 4) is 6.07 Å². The summed E-state index contributed by atoms with van der Waals surface area (Å²) in [5.74, 6) is -1.08. The smallest absolute Gasteiger partial charge is 0.325 e. The molecule has 0 unspecified atom stereocenters. The van der Waals surface area contributed by atoms with E-state index in [0.29, 0.717) is 22.0 Å². The Morgan fingerprint density at radius 1 is 1.28 bits per heavy atom. The number of hydrogen-bond acceptors (Lipinski definition) is 6. The Labute approximate surface area is 172 Å². The Hall–Kier alpha value is -3.18. The summed E-state index contributed by atoms with van der Waals surface area (Å²) in [6, 6.07) is 10.7. The number of thiophene rings is 1. The van der Waals surface area contributed by atoms with Crippen LogP contribution in [0, 0.1) is 17.2 Å². The third-order valence-electron chi connectivity index (χ3n) is 4.67. The molecule has 1 aliphatic rings. The SMILES string of the molecule is C[C@H]1CCc2c(sc(NC(=O)COC(=O)CNC(=O)c3ccccc3)c2C#N)C1. The molecule has 2 amide bonds. The number of hydrogen-bond donors (Lipinski definition) is 2. The summed E-state index contributed by atoms with van der Waals surface area (Å²) in [5, 5.41) is 15.1. The first-order valence-corrected chi connectivity index (χ1v) is 10.1. The van der Waals surface area contributed by atoms with Crippen LogP contribution in [0.4, 0.5) is 5.00 Å². The van der Waals surface area contributed by atoms with Crippen molar-refractivity contribution in [2.45, 2.75) is 26.2 Å². The summed E-state index contributed by atoms with van der Waals surface area (Å²) >= 11 is 1.41. The highest BCUT2D eigenvalue weighted by Gasteiger charge is 2.24. The summed E-state index contributed by atoms with van der Waals surface area (Å²) in [4.78, 5) is 37.0. The fourth-order valence-corrected chi connectivity index (χ4v) is 4.54. The van der Waals surface area contributed by atoms with Crippen LogP contribution in [0.15, 0.2) is 30.3 Å². The summed E-state index contributed by atoms with van der Waals surface area (Å²) in [6.07, 6.45) is 2.76. The lowest BCUT2D eigenvalue weighted by molar-refractivity contribution is -0.146. The highest BCUT2D eigenvalue weighted by Crippen LogP contribution is 2.39. The number of amides is 2. The third-order valence-corrected chi connectivity index (χ3v) is 5.84. The molecule has 0 radical (unpaired) electrons. The van der Waals surface area contributed by atoms with E-state index in [-0.39, 0.29) is 6.54 Å². The highest BCUT2D eigenvalue weighted by atomic mass is 32.1. The Bertz CT molecular complexity index is 962. The Kier molecular flexibility index (Phi) is 6.62. The molecule has 7 nitrogen and oxygen atoms in total. The minimum absolute atomic E-state index is 0.338. The van der Waals surface area contributed by atoms with Gasteiger partial charge in [0.2, 0.25) is 0 Å². The predicted molar refractivity (Wildman–Crippen MR) is 109 cm³/mol. The molecule has 8 heteroatoms. The van der Waals surface area contributed by atoms with Gasteiger partial charge in [-0.2, -0.15) is 5.26 Å². The second-order valence-electron chi connectivity index (χ2n) is 6.93. The minimum atomic E-state index is -0.718. The van der Waals surface area contributed by atoms with E-state index in [1.165, 1.54) is 11.3 Å². The van der Waals surface area contributed by atoms with E-state index in [9.17, 15) is 19.6 Å². The van der Waals surface area contributed by atoms with Gasteiger partial charge in [-0.05, 0) is 42.9 Å². The fourth-order valence-electron chi connectivity index (χ4n) is 3.16. The normalized spacial score (nSPS) is 15.0. The maximum Gasteiger partial charge on any atom is 0.325 e. The Balaban J connectivity index is 1.48. The quantitative estimate of drug-likeness (QED) is 0.711. The van der Waals surface area contributed by atoms with E-state index in [0.717, 1.165) is 29.7 Å². The lowest BCUT2D eigenvalue weighted by Crippen LogP contribution is -2.32. The van der Waals surface area contributed by atoms with Crippen LogP contribution in [-0.4, -0.2) is 30.9 Å². The van der Waals surface area contributed by atoms with Crippen LogP contribution in [-0.2, 0) is 27.2 Å². The Morgan fingerprint density at radius 3 is 2.76 bits per heavy atom. The van der Waals surface area contributed by atoms with E-state index >= 15 is 0 Å². The first kappa shape index (κ1) is 20.6. The average Bonchev–Trinajstić information content (AvgIpc) is 3.06. The van der Waals surface area contributed by atoms with Crippen molar-refractivity contribution in [2.75, 3.05) is 18.5 Å². The lowest BCUT2D eigenvalue weighted by atomic mass is 9.89. The van der Waals surface area contributed by atoms with Crippen molar-refractivity contribution in [3.63, 3.8) is 0 Å². The van der Waals surface area contributed by atoms with Crippen molar-refractivity contribution in [1.82, 2.24) is 5.32 Å². The van der Waals surface area contributed by atoms with Crippen LogP contribution in [0.25, 0.3) is 0 Å². The number of anilines is 1. The minimum Gasteiger partial charge on any atom is -0.454 e. The van der Waals surface area contributed by atoms with Crippen LogP contribution >= 0.6 is 11.3 Å². The molecule has 3 rings (SSSR count). The fraction of sp³-hybridized carbons (Fsp3) is 0.333. The number of carbonyl (C=O) groups excluding carboxylic acids is 3. The number of fused-ring (bicyclic) bond motifs is 1. The van der Waals surface area contributed by atoms with Crippen LogP contribution in [0.5, 0.6) is 0 Å². The molecule has 0 saturated carbocycles. The van der Waals surface area contributed by atoms with Gasteiger partial charge in [0, 0.05) is 10.4 Å². The van der Waals surface area contributed by atoms with E-state index in [4.69, 9.17) is 4.74 Å². The first-order chi connectivity index (χ1) is 14.0. The van der Waals surface area contributed by atoms with E-state index < -0.39 is 24.4 Å². The maximum absolute atomic E-state index is 12.1. The lowest BCUT2D eigenvalue weighted by Gasteiger charge is -2.17. The number of carbonyl (C=O) groups is 3. The molecule has 0 saturated heterocycles. The molecule has 2 N–H and O–H groups in total. The first-order valence-electron chi connectivity index (χ1n) is 9.31. The predicted octanol–water partition coefficient (Wildman–Crippen LogP) is 2.66. The standard InChI is InChI=1S/C21H21N3O4S/c1-13-7-8-15-16(10-22)21(29-17(15)9-13)24-18(25)12-28-19(26)11-23-20(27)14-5-3-2-4-6-14/h2-6,13H,7-9,11-12H2,1H3,(H,23,27)(H,24,25)/t13-/m0/s1. The zero-order chi connectivity index (χ0) is 20.8. The van der Waals surface area contributed by atoms with E-state index in [1.54, 1.807) is 30.3 Å². The molecule has 1 atom stereocenters. The number of nitrogens with zero attached hydrogens (tertiary/aromatic N) is 1. The summed E-state index contributed by atoms with van der Waals surface area (Å²) in [5.41, 5.74) is 1.95. The van der Waals surface area contributed by atoms with Crippen LogP contribution < -0.4 is 10.6 Å². The van der Waals surface area contributed by atoms with Gasteiger partial charge in [-0.15, -0.1) is 11.3 Å². The molecule has 29 heavy (non-hydrogen) atoms. The number of nitrogens with one attached hydrogen (secondary N) is 2. The van der Waals surface area contributed by atoms with Gasteiger partial charge >= 0.3 is 5.97 Å². The molecule has 0 spiro atoms. The highest BCUT2D eigenvalue weighted by molar-refractivity contribution is 7.16.